The standard InChI is InChI=1S/C27H26BrN9O3/c1-16-19(13-35(2)33-16)23-32-24-18-9-6-10-20(28)22(18)31-26(37(24)34-23)30-21-14-36(12-11-29-25(21)38)27(39)40-15-17-7-4-3-5-8-17/h3-10,13,21H,11-12,14-15H2,1-2H3,(H,29,38)(H,30,31)/t21-/m1/s1. The number of aromatic nitrogens is 6. The molecule has 0 aliphatic carbocycles. The van der Waals surface area contributed by atoms with Gasteiger partial charge in [-0.15, -0.1) is 5.10 Å². The van der Waals surface area contributed by atoms with Gasteiger partial charge in [0.25, 0.3) is 0 Å². The van der Waals surface area contributed by atoms with Gasteiger partial charge < -0.3 is 20.3 Å². The summed E-state index contributed by atoms with van der Waals surface area (Å²) in [6.07, 6.45) is 1.36. The van der Waals surface area contributed by atoms with Gasteiger partial charge in [0.05, 0.1) is 23.3 Å². The van der Waals surface area contributed by atoms with E-state index in [1.807, 2.05) is 68.7 Å². The number of aryl methyl sites for hydroxylation is 2. The third-order valence-electron chi connectivity index (χ3n) is 6.67. The third-order valence-corrected chi connectivity index (χ3v) is 7.31. The number of nitrogens with zero attached hydrogens (tertiary/aromatic N) is 7. The molecule has 2 amide bonds. The SMILES string of the molecule is Cc1nn(C)cc1-c1nc2c3cccc(Br)c3nc(N[C@@H]3CN(C(=O)OCc4ccccc4)CCNC3=O)n2n1. The molecule has 2 N–H and O–H groups in total. The van der Waals surface area contributed by atoms with Gasteiger partial charge in [0.2, 0.25) is 11.9 Å². The van der Waals surface area contributed by atoms with E-state index >= 15 is 0 Å². The lowest BCUT2D eigenvalue weighted by atomic mass is 10.2. The highest BCUT2D eigenvalue weighted by atomic mass is 79.9. The highest BCUT2D eigenvalue weighted by Gasteiger charge is 2.30. The first-order valence-corrected chi connectivity index (χ1v) is 13.5. The number of hydrogen-bond donors (Lipinski definition) is 2. The lowest BCUT2D eigenvalue weighted by molar-refractivity contribution is -0.121. The first-order chi connectivity index (χ1) is 19.4. The van der Waals surface area contributed by atoms with Crippen molar-refractivity contribution in [1.82, 2.24) is 39.6 Å². The molecule has 1 atom stereocenters. The number of fused-ring (bicyclic) bond motifs is 3. The maximum atomic E-state index is 13.1. The summed E-state index contributed by atoms with van der Waals surface area (Å²) in [7, 11) is 1.84. The Balaban J connectivity index is 1.33. The normalized spacial score (nSPS) is 15.7. The number of rotatable bonds is 5. The van der Waals surface area contributed by atoms with Gasteiger partial charge in [-0.2, -0.15) is 9.61 Å². The molecule has 4 heterocycles. The third kappa shape index (κ3) is 4.95. The zero-order valence-electron chi connectivity index (χ0n) is 21.8. The second kappa shape index (κ2) is 10.6. The fourth-order valence-electron chi connectivity index (χ4n) is 4.70. The molecule has 0 spiro atoms. The van der Waals surface area contributed by atoms with Crippen LogP contribution in [-0.4, -0.2) is 71.9 Å². The summed E-state index contributed by atoms with van der Waals surface area (Å²) in [5.41, 5.74) is 3.69. The number of amides is 2. The van der Waals surface area contributed by atoms with Crippen LogP contribution < -0.4 is 10.6 Å². The first-order valence-electron chi connectivity index (χ1n) is 12.7. The number of carbonyl (C=O) groups is 2. The van der Waals surface area contributed by atoms with Crippen molar-refractivity contribution in [1.29, 1.82) is 0 Å². The van der Waals surface area contributed by atoms with Crippen molar-refractivity contribution >= 4 is 50.4 Å². The van der Waals surface area contributed by atoms with Crippen LogP contribution in [0.3, 0.4) is 0 Å². The summed E-state index contributed by atoms with van der Waals surface area (Å²) in [5.74, 6) is 0.540. The van der Waals surface area contributed by atoms with Crippen molar-refractivity contribution in [2.45, 2.75) is 19.6 Å². The van der Waals surface area contributed by atoms with E-state index in [0.29, 0.717) is 36.0 Å². The van der Waals surface area contributed by atoms with Crippen LogP contribution in [0.15, 0.2) is 59.2 Å². The largest absolute Gasteiger partial charge is 0.445 e. The Morgan fingerprint density at radius 1 is 1.15 bits per heavy atom. The van der Waals surface area contributed by atoms with Crippen LogP contribution in [0, 0.1) is 6.92 Å². The van der Waals surface area contributed by atoms with Crippen molar-refractivity contribution in [2.75, 3.05) is 25.0 Å². The van der Waals surface area contributed by atoms with Gasteiger partial charge in [0.15, 0.2) is 11.5 Å². The van der Waals surface area contributed by atoms with Crippen molar-refractivity contribution in [3.8, 4) is 11.4 Å². The molecule has 1 saturated heterocycles. The van der Waals surface area contributed by atoms with Crippen LogP contribution >= 0.6 is 15.9 Å². The second-order valence-electron chi connectivity index (χ2n) is 9.52. The van der Waals surface area contributed by atoms with E-state index in [1.165, 1.54) is 4.90 Å². The van der Waals surface area contributed by atoms with Gasteiger partial charge in [-0.3, -0.25) is 9.48 Å². The number of benzene rings is 2. The molecule has 1 fully saturated rings. The molecule has 0 unspecified atom stereocenters. The Bertz CT molecular complexity index is 1730. The quantitative estimate of drug-likeness (QED) is 0.313. The zero-order valence-corrected chi connectivity index (χ0v) is 23.4. The number of nitrogens with one attached hydrogen (secondary N) is 2. The number of carbonyl (C=O) groups excluding carboxylic acids is 2. The number of hydrogen-bond acceptors (Lipinski definition) is 8. The van der Waals surface area contributed by atoms with Gasteiger partial charge >= 0.3 is 6.09 Å². The number of anilines is 1. The van der Waals surface area contributed by atoms with Crippen molar-refractivity contribution in [3.63, 3.8) is 0 Å². The summed E-state index contributed by atoms with van der Waals surface area (Å²) in [6, 6.07) is 14.4. The van der Waals surface area contributed by atoms with Crippen LogP contribution in [-0.2, 0) is 23.2 Å². The van der Waals surface area contributed by atoms with Crippen LogP contribution in [0.1, 0.15) is 11.3 Å². The highest BCUT2D eigenvalue weighted by Crippen LogP contribution is 2.29. The minimum atomic E-state index is -0.810. The van der Waals surface area contributed by atoms with Gasteiger partial charge in [-0.25, -0.2) is 14.8 Å². The summed E-state index contributed by atoms with van der Waals surface area (Å²) >= 11 is 3.59. The Morgan fingerprint density at radius 3 is 2.75 bits per heavy atom. The Labute approximate surface area is 237 Å². The molecule has 6 rings (SSSR count). The molecule has 13 heteroatoms. The topological polar surface area (TPSA) is 132 Å². The predicted octanol–water partition coefficient (Wildman–Crippen LogP) is 3.30. The maximum absolute atomic E-state index is 13.1. The molecule has 0 bridgehead atoms. The Morgan fingerprint density at radius 2 is 1.98 bits per heavy atom. The lowest BCUT2D eigenvalue weighted by Gasteiger charge is -2.23. The van der Waals surface area contributed by atoms with Gasteiger partial charge in [-0.1, -0.05) is 36.4 Å². The van der Waals surface area contributed by atoms with Crippen LogP contribution in [0.2, 0.25) is 0 Å². The smallest absolute Gasteiger partial charge is 0.410 e. The molecule has 2 aromatic carbocycles. The van der Waals surface area contributed by atoms with Gasteiger partial charge in [0.1, 0.15) is 12.6 Å². The van der Waals surface area contributed by atoms with E-state index in [1.54, 1.807) is 9.20 Å². The minimum Gasteiger partial charge on any atom is -0.445 e. The maximum Gasteiger partial charge on any atom is 0.410 e. The van der Waals surface area contributed by atoms with E-state index in [4.69, 9.17) is 19.8 Å². The average Bonchev–Trinajstić information content (AvgIpc) is 3.49. The van der Waals surface area contributed by atoms with Crippen LogP contribution in [0.4, 0.5) is 10.7 Å². The molecule has 0 saturated carbocycles. The summed E-state index contributed by atoms with van der Waals surface area (Å²) in [5, 5.41) is 16.0. The number of halogens is 1. The van der Waals surface area contributed by atoms with E-state index in [2.05, 4.69) is 31.7 Å². The molecule has 204 valence electrons. The molecule has 40 heavy (non-hydrogen) atoms. The van der Waals surface area contributed by atoms with Crippen LogP contribution in [0.25, 0.3) is 27.9 Å². The molecular weight excluding hydrogens is 578 g/mol. The summed E-state index contributed by atoms with van der Waals surface area (Å²) in [6.45, 7) is 2.75. The monoisotopic (exact) mass is 603 g/mol. The van der Waals surface area contributed by atoms with E-state index in [-0.39, 0.29) is 19.1 Å². The predicted molar refractivity (Wildman–Crippen MR) is 152 cm³/mol. The van der Waals surface area contributed by atoms with Crippen molar-refractivity contribution in [3.05, 3.63) is 70.5 Å². The van der Waals surface area contributed by atoms with Crippen molar-refractivity contribution in [2.24, 2.45) is 7.05 Å². The van der Waals surface area contributed by atoms with Crippen LogP contribution in [0.5, 0.6) is 0 Å². The Kier molecular flexibility index (Phi) is 6.80. The molecule has 5 aromatic rings. The molecule has 0 radical (unpaired) electrons. The van der Waals surface area contributed by atoms with E-state index < -0.39 is 12.1 Å². The van der Waals surface area contributed by atoms with Gasteiger partial charge in [-0.05, 0) is 40.5 Å². The Hall–Kier alpha value is -4.52. The molecule has 1 aliphatic rings. The zero-order chi connectivity index (χ0) is 27.8. The van der Waals surface area contributed by atoms with E-state index in [0.717, 1.165) is 26.7 Å². The molecular formula is C27H26BrN9O3. The second-order valence-corrected chi connectivity index (χ2v) is 10.4. The van der Waals surface area contributed by atoms with Crippen molar-refractivity contribution < 1.29 is 14.3 Å². The van der Waals surface area contributed by atoms with Gasteiger partial charge in [0, 0.05) is 36.2 Å². The van der Waals surface area contributed by atoms with E-state index in [9.17, 15) is 9.59 Å². The average molecular weight is 604 g/mol. The number of ether oxygens (including phenoxy) is 1. The number of para-hydroxylation sites is 1. The molecule has 3 aromatic heterocycles. The minimum absolute atomic E-state index is 0.0832. The lowest BCUT2D eigenvalue weighted by Crippen LogP contribution is -2.44. The highest BCUT2D eigenvalue weighted by molar-refractivity contribution is 9.10. The first kappa shape index (κ1) is 25.7. The fraction of sp³-hybridized carbons (Fsp3) is 0.259. The molecule has 1 aliphatic heterocycles. The molecule has 12 nitrogen and oxygen atoms in total. The summed E-state index contributed by atoms with van der Waals surface area (Å²) < 4.78 is 9.60. The fourth-order valence-corrected chi connectivity index (χ4v) is 5.15. The summed E-state index contributed by atoms with van der Waals surface area (Å²) in [4.78, 5) is 37.1.